The number of benzene rings is 3. The summed E-state index contributed by atoms with van der Waals surface area (Å²) >= 11 is 13.1. The summed E-state index contributed by atoms with van der Waals surface area (Å²) in [6.07, 6.45) is 1.40. The van der Waals surface area contributed by atoms with Crippen molar-refractivity contribution < 1.29 is 23.9 Å². The first-order valence-corrected chi connectivity index (χ1v) is 12.7. The normalized spacial score (nSPS) is 14.7. The molecule has 1 saturated heterocycles. The summed E-state index contributed by atoms with van der Waals surface area (Å²) in [6.45, 7) is 2.40. The zero-order valence-electron chi connectivity index (χ0n) is 18.9. The smallest absolute Gasteiger partial charge is 0.335 e. The van der Waals surface area contributed by atoms with Gasteiger partial charge in [0.05, 0.1) is 16.8 Å². The van der Waals surface area contributed by atoms with Crippen LogP contribution in [0.25, 0.3) is 6.08 Å². The zero-order valence-corrected chi connectivity index (χ0v) is 22.8. The highest BCUT2D eigenvalue weighted by atomic mass is 79.9. The van der Waals surface area contributed by atoms with Gasteiger partial charge < -0.3 is 9.47 Å². The first kappa shape index (κ1) is 25.9. The summed E-state index contributed by atoms with van der Waals surface area (Å²) in [7, 11) is 0. The van der Waals surface area contributed by atoms with Gasteiger partial charge in [-0.1, -0.05) is 45.7 Å². The van der Waals surface area contributed by atoms with Gasteiger partial charge in [-0.2, -0.15) is 0 Å². The Kier molecular flexibility index (Phi) is 8.13. The lowest BCUT2D eigenvalue weighted by atomic mass is 10.1. The Bertz CT molecular complexity index is 1380. The minimum Gasteiger partial charge on any atom is -0.490 e. The van der Waals surface area contributed by atoms with Crippen molar-refractivity contribution in [3.63, 3.8) is 0 Å². The first-order chi connectivity index (χ1) is 17.3. The molecule has 0 saturated carbocycles. The van der Waals surface area contributed by atoms with Gasteiger partial charge in [0.1, 0.15) is 12.2 Å². The summed E-state index contributed by atoms with van der Waals surface area (Å²) in [6, 6.07) is 16.5. The Morgan fingerprint density at radius 3 is 2.42 bits per heavy atom. The molecule has 184 valence electrons. The van der Waals surface area contributed by atoms with Gasteiger partial charge >= 0.3 is 6.03 Å². The van der Waals surface area contributed by atoms with Crippen LogP contribution in [-0.4, -0.2) is 24.5 Å². The van der Waals surface area contributed by atoms with Crippen molar-refractivity contribution in [2.24, 2.45) is 0 Å². The van der Waals surface area contributed by atoms with Crippen LogP contribution in [0, 0.1) is 0 Å². The fraction of sp³-hybridized carbons (Fsp3) is 0.115. The van der Waals surface area contributed by atoms with Gasteiger partial charge in [-0.05, 0) is 77.0 Å². The van der Waals surface area contributed by atoms with E-state index >= 15 is 0 Å². The molecule has 0 atom stereocenters. The number of anilines is 1. The maximum absolute atomic E-state index is 13.2. The van der Waals surface area contributed by atoms with Gasteiger partial charge in [-0.3, -0.25) is 14.9 Å². The summed E-state index contributed by atoms with van der Waals surface area (Å²) in [5.41, 5.74) is 1.44. The fourth-order valence-corrected chi connectivity index (χ4v) is 4.52. The lowest BCUT2D eigenvalue weighted by molar-refractivity contribution is -0.122. The van der Waals surface area contributed by atoms with Crippen LogP contribution in [0.15, 0.2) is 75.2 Å². The lowest BCUT2D eigenvalue weighted by Crippen LogP contribution is -2.54. The molecule has 0 spiro atoms. The molecule has 0 aromatic heterocycles. The maximum Gasteiger partial charge on any atom is 0.335 e. The third-order valence-electron chi connectivity index (χ3n) is 5.16. The van der Waals surface area contributed by atoms with Crippen molar-refractivity contribution in [3.8, 4) is 11.5 Å². The summed E-state index contributed by atoms with van der Waals surface area (Å²) in [4.78, 5) is 39.1. The molecule has 0 radical (unpaired) electrons. The highest BCUT2D eigenvalue weighted by molar-refractivity contribution is 9.10. The van der Waals surface area contributed by atoms with E-state index in [4.69, 9.17) is 21.1 Å². The molecule has 7 nitrogen and oxygen atoms in total. The Morgan fingerprint density at radius 1 is 1.00 bits per heavy atom. The van der Waals surface area contributed by atoms with Crippen molar-refractivity contribution in [1.82, 2.24) is 5.32 Å². The number of nitrogens with one attached hydrogen (secondary N) is 1. The molecule has 4 amide bonds. The first-order valence-electron chi connectivity index (χ1n) is 10.8. The van der Waals surface area contributed by atoms with E-state index in [2.05, 4.69) is 37.2 Å². The Labute approximate surface area is 229 Å². The number of rotatable bonds is 7. The van der Waals surface area contributed by atoms with Crippen LogP contribution < -0.4 is 19.7 Å². The second kappa shape index (κ2) is 11.3. The number of barbiturate groups is 1. The molecule has 3 aromatic carbocycles. The number of amides is 4. The number of hydrogen-bond acceptors (Lipinski definition) is 5. The molecular weight excluding hydrogens is 616 g/mol. The van der Waals surface area contributed by atoms with E-state index in [0.29, 0.717) is 38.9 Å². The average molecular weight is 635 g/mol. The van der Waals surface area contributed by atoms with Crippen molar-refractivity contribution in [2.45, 2.75) is 13.5 Å². The molecule has 0 aliphatic carbocycles. The minimum absolute atomic E-state index is 0.198. The molecule has 1 aliphatic rings. The number of halogens is 3. The number of urea groups is 1. The number of ether oxygens (including phenoxy) is 2. The van der Waals surface area contributed by atoms with E-state index < -0.39 is 17.8 Å². The predicted molar refractivity (Wildman–Crippen MR) is 144 cm³/mol. The second-order valence-corrected chi connectivity index (χ2v) is 9.75. The highest BCUT2D eigenvalue weighted by Crippen LogP contribution is 2.38. The van der Waals surface area contributed by atoms with Gasteiger partial charge in [0.25, 0.3) is 11.8 Å². The number of carbonyl (C=O) groups is 3. The quantitative estimate of drug-likeness (QED) is 0.237. The van der Waals surface area contributed by atoms with E-state index in [1.165, 1.54) is 6.08 Å². The minimum atomic E-state index is -0.816. The molecular formula is C26H19Br2ClN2O5. The largest absolute Gasteiger partial charge is 0.490 e. The number of nitrogens with zero attached hydrogens (tertiary/aromatic N) is 1. The summed E-state index contributed by atoms with van der Waals surface area (Å²) in [5.74, 6) is -0.661. The van der Waals surface area contributed by atoms with Gasteiger partial charge in [-0.25, -0.2) is 9.69 Å². The summed E-state index contributed by atoms with van der Waals surface area (Å²) in [5, 5.41) is 2.80. The van der Waals surface area contributed by atoms with Gasteiger partial charge in [-0.15, -0.1) is 0 Å². The molecule has 1 N–H and O–H groups in total. The third-order valence-corrected chi connectivity index (χ3v) is 6.65. The van der Waals surface area contributed by atoms with Gasteiger partial charge in [0, 0.05) is 15.1 Å². The average Bonchev–Trinajstić information content (AvgIpc) is 2.83. The Morgan fingerprint density at radius 2 is 1.72 bits per heavy atom. The van der Waals surface area contributed by atoms with Crippen LogP contribution in [-0.2, 0) is 16.2 Å². The van der Waals surface area contributed by atoms with E-state index in [0.717, 1.165) is 14.9 Å². The SMILES string of the molecule is CCOc1cc(/C=C2\C(=O)NC(=O)N(c3ccc(Br)cc3)C2=O)cc(Br)c1OCc1ccccc1Cl. The Hall–Kier alpha value is -3.14. The van der Waals surface area contributed by atoms with Gasteiger partial charge in [0.2, 0.25) is 0 Å². The van der Waals surface area contributed by atoms with E-state index in [1.807, 2.05) is 25.1 Å². The molecule has 0 unspecified atom stereocenters. The van der Waals surface area contributed by atoms with Crippen LogP contribution in [0.1, 0.15) is 18.1 Å². The molecule has 4 rings (SSSR count). The van der Waals surface area contributed by atoms with Crippen molar-refractivity contribution in [3.05, 3.63) is 91.3 Å². The fourth-order valence-electron chi connectivity index (χ4n) is 3.49. The van der Waals surface area contributed by atoms with Gasteiger partial charge in [0.15, 0.2) is 11.5 Å². The van der Waals surface area contributed by atoms with E-state index in [1.54, 1.807) is 42.5 Å². The van der Waals surface area contributed by atoms with Crippen LogP contribution >= 0.6 is 43.5 Å². The van der Waals surface area contributed by atoms with Crippen LogP contribution in [0.3, 0.4) is 0 Å². The standard InChI is InChI=1S/C26H19Br2ClN2O5/c1-2-35-22-13-15(12-20(28)23(22)36-14-16-5-3-4-6-21(16)29)11-19-24(32)30-26(34)31(25(19)33)18-9-7-17(27)8-10-18/h3-13H,2,14H2,1H3,(H,30,32,34)/b19-11+. The van der Waals surface area contributed by atoms with E-state index in [9.17, 15) is 14.4 Å². The second-order valence-electron chi connectivity index (χ2n) is 7.58. The topological polar surface area (TPSA) is 84.9 Å². The maximum atomic E-state index is 13.2. The summed E-state index contributed by atoms with van der Waals surface area (Å²) < 4.78 is 13.1. The number of hydrogen-bond donors (Lipinski definition) is 1. The van der Waals surface area contributed by atoms with Crippen molar-refractivity contribution >= 4 is 73.1 Å². The van der Waals surface area contributed by atoms with Crippen LogP contribution in [0.2, 0.25) is 5.02 Å². The molecule has 0 bridgehead atoms. The predicted octanol–water partition coefficient (Wildman–Crippen LogP) is 6.51. The monoisotopic (exact) mass is 632 g/mol. The molecule has 3 aromatic rings. The Balaban J connectivity index is 1.66. The molecule has 1 aliphatic heterocycles. The van der Waals surface area contributed by atoms with Crippen molar-refractivity contribution in [1.29, 1.82) is 0 Å². The highest BCUT2D eigenvalue weighted by Gasteiger charge is 2.36. The number of imide groups is 2. The van der Waals surface area contributed by atoms with Crippen LogP contribution in [0.4, 0.5) is 10.5 Å². The third kappa shape index (κ3) is 5.64. The molecule has 10 heteroatoms. The molecule has 1 heterocycles. The van der Waals surface area contributed by atoms with Crippen LogP contribution in [0.5, 0.6) is 11.5 Å². The molecule has 1 fully saturated rings. The molecule has 36 heavy (non-hydrogen) atoms. The lowest BCUT2D eigenvalue weighted by Gasteiger charge is -2.26. The zero-order chi connectivity index (χ0) is 25.8. The number of carbonyl (C=O) groups excluding carboxylic acids is 3. The van der Waals surface area contributed by atoms with E-state index in [-0.39, 0.29) is 12.2 Å². The van der Waals surface area contributed by atoms with Crippen molar-refractivity contribution in [2.75, 3.05) is 11.5 Å².